The minimum absolute atomic E-state index is 0.183. The first kappa shape index (κ1) is 22.1. The van der Waals surface area contributed by atoms with Gasteiger partial charge in [0.1, 0.15) is 11.6 Å². The standard InChI is InChI=1S/C21H27ClN4O4/c1-4-25(5-2)18(28)15-9-8-14(12-16(15)22)23-17(27)13(3)26-19(29)21(24-20(26)30)10-6-7-11-21/h8-9,12-13H,4-7,10-11H2,1-3H3,(H,23,27)(H,24,30). The summed E-state index contributed by atoms with van der Waals surface area (Å²) in [5.41, 5.74) is -0.124. The predicted octanol–water partition coefficient (Wildman–Crippen LogP) is 3.01. The number of carbonyl (C=O) groups excluding carboxylic acids is 4. The molecule has 1 aliphatic heterocycles. The Bertz CT molecular complexity index is 878. The van der Waals surface area contributed by atoms with Gasteiger partial charge in [-0.1, -0.05) is 24.4 Å². The Hall–Kier alpha value is -2.61. The van der Waals surface area contributed by atoms with Gasteiger partial charge in [0.05, 0.1) is 10.6 Å². The summed E-state index contributed by atoms with van der Waals surface area (Å²) in [6.07, 6.45) is 2.94. The van der Waals surface area contributed by atoms with E-state index in [2.05, 4.69) is 10.6 Å². The Morgan fingerprint density at radius 3 is 2.43 bits per heavy atom. The monoisotopic (exact) mass is 434 g/mol. The van der Waals surface area contributed by atoms with Gasteiger partial charge in [-0.2, -0.15) is 0 Å². The van der Waals surface area contributed by atoms with E-state index < -0.39 is 23.5 Å². The van der Waals surface area contributed by atoms with E-state index in [1.165, 1.54) is 13.0 Å². The molecule has 2 fully saturated rings. The molecule has 0 bridgehead atoms. The van der Waals surface area contributed by atoms with Crippen molar-refractivity contribution in [2.75, 3.05) is 18.4 Å². The maximum atomic E-state index is 12.8. The molecular formula is C21H27ClN4O4. The number of anilines is 1. The van der Waals surface area contributed by atoms with Crippen LogP contribution in [0.2, 0.25) is 5.02 Å². The molecule has 2 N–H and O–H groups in total. The van der Waals surface area contributed by atoms with E-state index in [9.17, 15) is 19.2 Å². The van der Waals surface area contributed by atoms with Crippen LogP contribution in [0.15, 0.2) is 18.2 Å². The van der Waals surface area contributed by atoms with E-state index in [4.69, 9.17) is 11.6 Å². The number of rotatable bonds is 6. The van der Waals surface area contributed by atoms with Crippen LogP contribution in [-0.2, 0) is 9.59 Å². The van der Waals surface area contributed by atoms with Gasteiger partial charge in [-0.05, 0) is 51.8 Å². The molecule has 162 valence electrons. The molecule has 1 saturated heterocycles. The lowest BCUT2D eigenvalue weighted by molar-refractivity contribution is -0.136. The maximum absolute atomic E-state index is 12.8. The van der Waals surface area contributed by atoms with Crippen molar-refractivity contribution >= 4 is 41.0 Å². The van der Waals surface area contributed by atoms with Gasteiger partial charge in [0.2, 0.25) is 5.91 Å². The summed E-state index contributed by atoms with van der Waals surface area (Å²) in [7, 11) is 0. The summed E-state index contributed by atoms with van der Waals surface area (Å²) >= 11 is 6.27. The maximum Gasteiger partial charge on any atom is 0.325 e. The number of benzene rings is 1. The fraction of sp³-hybridized carbons (Fsp3) is 0.524. The normalized spacial score (nSPS) is 18.5. The van der Waals surface area contributed by atoms with E-state index in [0.717, 1.165) is 17.7 Å². The van der Waals surface area contributed by atoms with Crippen LogP contribution in [0.25, 0.3) is 0 Å². The van der Waals surface area contributed by atoms with Crippen LogP contribution in [0, 0.1) is 0 Å². The molecule has 9 heteroatoms. The molecule has 1 unspecified atom stereocenters. The number of halogens is 1. The van der Waals surface area contributed by atoms with Crippen molar-refractivity contribution in [3.05, 3.63) is 28.8 Å². The number of imide groups is 1. The number of hydrogen-bond acceptors (Lipinski definition) is 4. The molecule has 0 aromatic heterocycles. The predicted molar refractivity (Wildman–Crippen MR) is 113 cm³/mol. The highest BCUT2D eigenvalue weighted by atomic mass is 35.5. The lowest BCUT2D eigenvalue weighted by atomic mass is 9.97. The third-order valence-electron chi connectivity index (χ3n) is 5.93. The molecule has 0 radical (unpaired) electrons. The number of urea groups is 1. The molecule has 8 nitrogen and oxygen atoms in total. The average Bonchev–Trinajstić information content (AvgIpc) is 3.27. The van der Waals surface area contributed by atoms with E-state index in [-0.39, 0.29) is 16.8 Å². The fourth-order valence-corrected chi connectivity index (χ4v) is 4.38. The average molecular weight is 435 g/mol. The number of hydrogen-bond donors (Lipinski definition) is 2. The number of carbonyl (C=O) groups is 4. The van der Waals surface area contributed by atoms with Crippen molar-refractivity contribution < 1.29 is 19.2 Å². The molecule has 2 aliphatic rings. The van der Waals surface area contributed by atoms with Gasteiger partial charge in [-0.3, -0.25) is 14.4 Å². The van der Waals surface area contributed by atoms with Gasteiger partial charge >= 0.3 is 6.03 Å². The summed E-state index contributed by atoms with van der Waals surface area (Å²) < 4.78 is 0. The smallest absolute Gasteiger partial charge is 0.325 e. The van der Waals surface area contributed by atoms with Gasteiger partial charge in [0, 0.05) is 18.8 Å². The highest BCUT2D eigenvalue weighted by Crippen LogP contribution is 2.36. The van der Waals surface area contributed by atoms with Crippen LogP contribution in [0.3, 0.4) is 0 Å². The van der Waals surface area contributed by atoms with Gasteiger partial charge in [0.15, 0.2) is 0 Å². The van der Waals surface area contributed by atoms with Crippen LogP contribution in [0.4, 0.5) is 10.5 Å². The van der Waals surface area contributed by atoms with Crippen molar-refractivity contribution in [3.63, 3.8) is 0 Å². The zero-order chi connectivity index (χ0) is 22.1. The quantitative estimate of drug-likeness (QED) is 0.672. The van der Waals surface area contributed by atoms with Crippen molar-refractivity contribution in [1.82, 2.24) is 15.1 Å². The van der Waals surface area contributed by atoms with Crippen LogP contribution >= 0.6 is 11.6 Å². The molecule has 5 amide bonds. The number of amides is 5. The second kappa shape index (κ2) is 8.63. The summed E-state index contributed by atoms with van der Waals surface area (Å²) in [6, 6.07) is 3.12. The lowest BCUT2D eigenvalue weighted by Crippen LogP contribution is -2.48. The van der Waals surface area contributed by atoms with Crippen molar-refractivity contribution in [2.24, 2.45) is 0 Å². The van der Waals surface area contributed by atoms with Gasteiger partial charge in [-0.25, -0.2) is 9.69 Å². The van der Waals surface area contributed by atoms with Crippen LogP contribution in [-0.4, -0.2) is 58.2 Å². The zero-order valence-corrected chi connectivity index (χ0v) is 18.2. The second-order valence-electron chi connectivity index (χ2n) is 7.73. The molecule has 1 saturated carbocycles. The molecule has 1 heterocycles. The lowest BCUT2D eigenvalue weighted by Gasteiger charge is -2.23. The number of nitrogens with zero attached hydrogens (tertiary/aromatic N) is 2. The van der Waals surface area contributed by atoms with Crippen molar-refractivity contribution in [2.45, 2.75) is 58.0 Å². The van der Waals surface area contributed by atoms with Crippen LogP contribution < -0.4 is 10.6 Å². The molecule has 3 rings (SSSR count). The Morgan fingerprint density at radius 1 is 1.23 bits per heavy atom. The molecule has 1 atom stereocenters. The Labute approximate surface area is 180 Å². The highest BCUT2D eigenvalue weighted by molar-refractivity contribution is 6.34. The summed E-state index contributed by atoms with van der Waals surface area (Å²) in [6.45, 7) is 6.42. The summed E-state index contributed by atoms with van der Waals surface area (Å²) in [4.78, 5) is 53.1. The van der Waals surface area contributed by atoms with E-state index in [1.807, 2.05) is 13.8 Å². The first-order chi connectivity index (χ1) is 14.2. The SMILES string of the molecule is CCN(CC)C(=O)c1ccc(NC(=O)C(C)N2C(=O)NC3(CCCC3)C2=O)cc1Cl. The zero-order valence-electron chi connectivity index (χ0n) is 17.5. The van der Waals surface area contributed by atoms with Crippen LogP contribution in [0.1, 0.15) is 56.8 Å². The van der Waals surface area contributed by atoms with Gasteiger partial charge in [-0.15, -0.1) is 0 Å². The van der Waals surface area contributed by atoms with Gasteiger partial charge in [0.25, 0.3) is 11.8 Å². The summed E-state index contributed by atoms with van der Waals surface area (Å²) in [5.74, 6) is -1.03. The second-order valence-corrected chi connectivity index (χ2v) is 8.14. The third-order valence-corrected chi connectivity index (χ3v) is 6.25. The van der Waals surface area contributed by atoms with Crippen molar-refractivity contribution in [3.8, 4) is 0 Å². The molecule has 1 aromatic rings. The Balaban J connectivity index is 1.71. The molecule has 1 aliphatic carbocycles. The Kier molecular flexibility index (Phi) is 6.36. The molecule has 1 spiro atoms. The largest absolute Gasteiger partial charge is 0.339 e. The summed E-state index contributed by atoms with van der Waals surface area (Å²) in [5, 5.41) is 5.67. The first-order valence-electron chi connectivity index (χ1n) is 10.3. The minimum Gasteiger partial charge on any atom is -0.339 e. The number of nitrogens with one attached hydrogen (secondary N) is 2. The minimum atomic E-state index is -0.978. The topological polar surface area (TPSA) is 98.8 Å². The molecule has 30 heavy (non-hydrogen) atoms. The molecule has 1 aromatic carbocycles. The van der Waals surface area contributed by atoms with Crippen LogP contribution in [0.5, 0.6) is 0 Å². The Morgan fingerprint density at radius 2 is 1.87 bits per heavy atom. The first-order valence-corrected chi connectivity index (χ1v) is 10.7. The third kappa shape index (κ3) is 3.88. The highest BCUT2D eigenvalue weighted by Gasteiger charge is 2.54. The van der Waals surface area contributed by atoms with Gasteiger partial charge < -0.3 is 15.5 Å². The molecular weight excluding hydrogens is 408 g/mol. The van der Waals surface area contributed by atoms with E-state index in [1.54, 1.807) is 17.0 Å². The van der Waals surface area contributed by atoms with E-state index in [0.29, 0.717) is 37.2 Å². The van der Waals surface area contributed by atoms with Crippen molar-refractivity contribution in [1.29, 1.82) is 0 Å². The fourth-order valence-electron chi connectivity index (χ4n) is 4.12. The van der Waals surface area contributed by atoms with E-state index >= 15 is 0 Å².